The number of hydrogen-bond donors (Lipinski definition) is 2. The molecule has 2 N–H and O–H groups in total. The van der Waals surface area contributed by atoms with Crippen LogP contribution in [-0.2, 0) is 9.53 Å². The second-order valence-electron chi connectivity index (χ2n) is 7.52. The summed E-state index contributed by atoms with van der Waals surface area (Å²) >= 11 is 6.94. The van der Waals surface area contributed by atoms with E-state index in [4.69, 9.17) is 17.0 Å². The zero-order valence-electron chi connectivity index (χ0n) is 17.7. The van der Waals surface area contributed by atoms with Crippen LogP contribution >= 0.6 is 23.6 Å². The summed E-state index contributed by atoms with van der Waals surface area (Å²) in [7, 11) is 1.42. The van der Waals surface area contributed by atoms with Gasteiger partial charge in [-0.25, -0.2) is 0 Å². The maximum Gasteiger partial charge on any atom is 0.308 e. The predicted octanol–water partition coefficient (Wildman–Crippen LogP) is 4.22. The van der Waals surface area contributed by atoms with E-state index < -0.39 is 0 Å². The summed E-state index contributed by atoms with van der Waals surface area (Å²) in [4.78, 5) is 14.5. The van der Waals surface area contributed by atoms with Crippen molar-refractivity contribution in [3.63, 3.8) is 0 Å². The summed E-state index contributed by atoms with van der Waals surface area (Å²) in [5.74, 6) is 0.0110. The van der Waals surface area contributed by atoms with E-state index in [1.54, 1.807) is 0 Å². The number of esters is 1. The first-order chi connectivity index (χ1) is 14.3. The molecule has 1 aromatic carbocycles. The van der Waals surface area contributed by atoms with Gasteiger partial charge < -0.3 is 14.7 Å². The highest BCUT2D eigenvalue weighted by Gasteiger charge is 2.26. The second-order valence-corrected chi connectivity index (χ2v) is 8.79. The van der Waals surface area contributed by atoms with Gasteiger partial charge in [-0.15, -0.1) is 11.3 Å². The van der Waals surface area contributed by atoms with E-state index in [9.17, 15) is 9.90 Å². The molecule has 1 fully saturated rings. The first-order valence-electron chi connectivity index (χ1n) is 9.87. The lowest BCUT2D eigenvalue weighted by Crippen LogP contribution is -2.44. The maximum absolute atomic E-state index is 11.7. The van der Waals surface area contributed by atoms with Crippen LogP contribution in [0, 0.1) is 19.8 Å². The average molecular weight is 446 g/mol. The minimum absolute atomic E-state index is 0.0640. The summed E-state index contributed by atoms with van der Waals surface area (Å²) in [6.07, 6.45) is 1.42. The number of hydrazone groups is 1. The molecule has 2 heterocycles. The van der Waals surface area contributed by atoms with Crippen molar-refractivity contribution in [2.75, 3.05) is 20.2 Å². The molecular formula is C22H27N3O3S2. The molecule has 30 heavy (non-hydrogen) atoms. The van der Waals surface area contributed by atoms with Gasteiger partial charge in [0.15, 0.2) is 5.11 Å². The lowest BCUT2D eigenvalue weighted by atomic mass is 9.97. The monoisotopic (exact) mass is 445 g/mol. The highest BCUT2D eigenvalue weighted by atomic mass is 32.1. The van der Waals surface area contributed by atoms with Gasteiger partial charge in [0.2, 0.25) is 0 Å². The van der Waals surface area contributed by atoms with Crippen LogP contribution in [0.15, 0.2) is 28.7 Å². The van der Waals surface area contributed by atoms with Gasteiger partial charge in [0.1, 0.15) is 5.75 Å². The molecule has 8 heteroatoms. The molecule has 0 spiro atoms. The van der Waals surface area contributed by atoms with E-state index in [2.05, 4.69) is 36.5 Å². The smallest absolute Gasteiger partial charge is 0.308 e. The Bertz CT molecular complexity index is 976. The fourth-order valence-electron chi connectivity index (χ4n) is 3.44. The lowest BCUT2D eigenvalue weighted by Gasteiger charge is -2.31. The number of hydrogen-bond acceptors (Lipinski definition) is 6. The molecule has 1 aromatic heterocycles. The number of carbonyl (C=O) groups is 1. The summed E-state index contributed by atoms with van der Waals surface area (Å²) in [6.45, 7) is 7.34. The SMILES string of the molecule is COC(=O)C1CCN(C(=S)NN=C(C)c2csc(-c3ccc(C)c(C)c3)c2O)CC1. The average Bonchev–Trinajstić information content (AvgIpc) is 3.14. The van der Waals surface area contributed by atoms with Crippen LogP contribution in [0.4, 0.5) is 0 Å². The van der Waals surface area contributed by atoms with Crippen LogP contribution in [0.2, 0.25) is 0 Å². The van der Waals surface area contributed by atoms with Crippen LogP contribution in [0.25, 0.3) is 10.4 Å². The first-order valence-corrected chi connectivity index (χ1v) is 11.2. The molecule has 1 aliphatic heterocycles. The van der Waals surface area contributed by atoms with Crippen molar-refractivity contribution in [1.82, 2.24) is 10.3 Å². The van der Waals surface area contributed by atoms with Crippen molar-refractivity contribution in [3.8, 4) is 16.2 Å². The Morgan fingerprint density at radius 1 is 1.30 bits per heavy atom. The number of aromatic hydroxyl groups is 1. The Labute approximate surface area is 186 Å². The second kappa shape index (κ2) is 9.57. The molecule has 0 saturated carbocycles. The minimum atomic E-state index is -0.157. The Kier molecular flexibility index (Phi) is 7.10. The minimum Gasteiger partial charge on any atom is -0.506 e. The summed E-state index contributed by atoms with van der Waals surface area (Å²) in [5.41, 5.74) is 7.68. The van der Waals surface area contributed by atoms with E-state index in [1.165, 1.54) is 29.6 Å². The quantitative estimate of drug-likeness (QED) is 0.318. The molecule has 0 atom stereocenters. The Morgan fingerprint density at radius 2 is 2.00 bits per heavy atom. The Hall–Kier alpha value is -2.45. The highest BCUT2D eigenvalue weighted by Crippen LogP contribution is 2.39. The van der Waals surface area contributed by atoms with Gasteiger partial charge in [0.05, 0.1) is 29.2 Å². The molecule has 6 nitrogen and oxygen atoms in total. The normalized spacial score (nSPS) is 15.2. The first kappa shape index (κ1) is 22.2. The summed E-state index contributed by atoms with van der Waals surface area (Å²) < 4.78 is 4.82. The molecule has 0 unspecified atom stereocenters. The fourth-order valence-corrected chi connectivity index (χ4v) is 4.67. The number of thiophene rings is 1. The number of carbonyl (C=O) groups excluding carboxylic acids is 1. The van der Waals surface area contributed by atoms with Gasteiger partial charge in [-0.3, -0.25) is 10.2 Å². The molecule has 0 radical (unpaired) electrons. The predicted molar refractivity (Wildman–Crippen MR) is 125 cm³/mol. The zero-order valence-corrected chi connectivity index (χ0v) is 19.3. The largest absolute Gasteiger partial charge is 0.506 e. The number of methoxy groups -OCH3 is 1. The van der Waals surface area contributed by atoms with Crippen LogP contribution in [-0.4, -0.2) is 47.0 Å². The van der Waals surface area contributed by atoms with E-state index in [0.717, 1.165) is 10.4 Å². The van der Waals surface area contributed by atoms with Crippen molar-refractivity contribution in [3.05, 3.63) is 40.3 Å². The number of piperidine rings is 1. The molecule has 0 aliphatic carbocycles. The zero-order chi connectivity index (χ0) is 21.8. The molecule has 0 bridgehead atoms. The Balaban J connectivity index is 1.65. The van der Waals surface area contributed by atoms with Gasteiger partial charge in [-0.1, -0.05) is 18.2 Å². The van der Waals surface area contributed by atoms with Gasteiger partial charge >= 0.3 is 5.97 Å². The van der Waals surface area contributed by atoms with Crippen molar-refractivity contribution in [2.45, 2.75) is 33.6 Å². The Morgan fingerprint density at radius 3 is 2.63 bits per heavy atom. The van der Waals surface area contributed by atoms with Gasteiger partial charge in [0.25, 0.3) is 0 Å². The molecule has 1 aliphatic rings. The number of nitrogens with zero attached hydrogens (tertiary/aromatic N) is 2. The van der Waals surface area contributed by atoms with E-state index in [1.807, 2.05) is 23.3 Å². The molecule has 160 valence electrons. The summed E-state index contributed by atoms with van der Waals surface area (Å²) in [6, 6.07) is 6.17. The van der Waals surface area contributed by atoms with Gasteiger partial charge in [-0.05, 0) is 62.5 Å². The van der Waals surface area contributed by atoms with Crippen molar-refractivity contribution >= 4 is 40.3 Å². The number of rotatable bonds is 4. The molecular weight excluding hydrogens is 418 g/mol. The molecule has 3 rings (SSSR count). The molecule has 1 saturated heterocycles. The molecule has 2 aromatic rings. The van der Waals surface area contributed by atoms with Crippen LogP contribution in [0.1, 0.15) is 36.5 Å². The lowest BCUT2D eigenvalue weighted by molar-refractivity contribution is -0.146. The van der Waals surface area contributed by atoms with Crippen molar-refractivity contribution in [2.24, 2.45) is 11.0 Å². The number of benzene rings is 1. The third-order valence-corrected chi connectivity index (χ3v) is 6.93. The van der Waals surface area contributed by atoms with Crippen molar-refractivity contribution in [1.29, 1.82) is 0 Å². The van der Waals surface area contributed by atoms with Gasteiger partial charge in [0, 0.05) is 18.5 Å². The van der Waals surface area contributed by atoms with Crippen LogP contribution in [0.5, 0.6) is 5.75 Å². The number of nitrogens with one attached hydrogen (secondary N) is 1. The fraction of sp³-hybridized carbons (Fsp3) is 0.409. The third-order valence-electron chi connectivity index (χ3n) is 5.56. The topological polar surface area (TPSA) is 74.2 Å². The maximum atomic E-state index is 11.7. The third kappa shape index (κ3) is 4.82. The van der Waals surface area contributed by atoms with E-state index in [0.29, 0.717) is 42.3 Å². The molecule has 0 amide bonds. The standard InChI is InChI=1S/C22H27N3O3S2/c1-13-5-6-17(11-14(13)2)20-19(26)18(12-30-20)15(3)23-24-22(29)25-9-7-16(8-10-25)21(27)28-4/h5-6,11-12,16,26H,7-10H2,1-4H3,(H,24,29). The number of aryl methyl sites for hydroxylation is 2. The van der Waals surface area contributed by atoms with Crippen LogP contribution in [0.3, 0.4) is 0 Å². The highest BCUT2D eigenvalue weighted by molar-refractivity contribution is 7.80. The van der Waals surface area contributed by atoms with E-state index in [-0.39, 0.29) is 17.6 Å². The van der Waals surface area contributed by atoms with Crippen LogP contribution < -0.4 is 5.43 Å². The number of ether oxygens (including phenoxy) is 1. The van der Waals surface area contributed by atoms with E-state index >= 15 is 0 Å². The number of thiocarbonyl (C=S) groups is 1. The van der Waals surface area contributed by atoms with Crippen molar-refractivity contribution < 1.29 is 14.6 Å². The van der Waals surface area contributed by atoms with Gasteiger partial charge in [-0.2, -0.15) is 5.10 Å². The summed E-state index contributed by atoms with van der Waals surface area (Å²) in [5, 5.41) is 17.5. The number of likely N-dealkylation sites (tertiary alicyclic amines) is 1.